The summed E-state index contributed by atoms with van der Waals surface area (Å²) in [4.78, 5) is 4.87. The fraction of sp³-hybridized carbons (Fsp3) is 0.581. The van der Waals surface area contributed by atoms with Crippen LogP contribution in [0.25, 0.3) is 12.2 Å². The van der Waals surface area contributed by atoms with Crippen molar-refractivity contribution in [3.05, 3.63) is 47.7 Å². The zero-order valence-electron chi connectivity index (χ0n) is 23.7. The molecule has 7 heteroatoms. The van der Waals surface area contributed by atoms with Crippen molar-refractivity contribution < 1.29 is 23.7 Å². The number of benzene rings is 1. The van der Waals surface area contributed by atoms with Crippen LogP contribution < -0.4 is 8.32 Å². The molecular weight excluding hydrogens is 588 g/mol. The number of phenolic OH excluding ortho intramolecular Hbond substituents is 1. The van der Waals surface area contributed by atoms with Gasteiger partial charge in [0.05, 0.1) is 0 Å². The Kier molecular flexibility index (Phi) is 16.6. The van der Waals surface area contributed by atoms with Gasteiger partial charge in [-0.2, -0.15) is 0 Å². The molecule has 38 heavy (non-hydrogen) atoms. The number of nitrogens with zero attached hydrogens (tertiary/aromatic N) is 1. The quantitative estimate of drug-likeness (QED) is 0.114. The summed E-state index contributed by atoms with van der Waals surface area (Å²) in [7, 11) is 0. The van der Waals surface area contributed by atoms with Crippen LogP contribution in [0.2, 0.25) is 13.3 Å². The van der Waals surface area contributed by atoms with E-state index < -0.39 is 25.1 Å². The summed E-state index contributed by atoms with van der Waals surface area (Å²) in [5.74, 6) is 1.06. The fourth-order valence-electron chi connectivity index (χ4n) is 4.73. The third kappa shape index (κ3) is 11.6. The molecule has 1 aromatic heterocycles. The summed E-state index contributed by atoms with van der Waals surface area (Å²) < 4.78 is 34.6. The Morgan fingerprint density at radius 2 is 1.34 bits per heavy atom. The molecular formula is C31H48FNO4Sn. The minimum absolute atomic E-state index is 0.114. The summed E-state index contributed by atoms with van der Waals surface area (Å²) in [5.41, 5.74) is 2.13. The van der Waals surface area contributed by atoms with Crippen molar-refractivity contribution in [2.45, 2.75) is 72.6 Å². The molecule has 0 fully saturated rings. The van der Waals surface area contributed by atoms with Crippen molar-refractivity contribution in [1.82, 2.24) is 4.98 Å². The zero-order chi connectivity index (χ0) is 27.5. The zero-order valence-corrected chi connectivity index (χ0v) is 26.6. The number of hydrogen-bond donors (Lipinski definition) is 1. The molecule has 212 valence electrons. The average Bonchev–Trinajstić information content (AvgIpc) is 2.94. The molecule has 0 amide bonds. The molecule has 0 atom stereocenters. The summed E-state index contributed by atoms with van der Waals surface area (Å²) >= 11 is -2.83. The van der Waals surface area contributed by atoms with Crippen LogP contribution >= 0.6 is 0 Å². The second kappa shape index (κ2) is 19.4. The van der Waals surface area contributed by atoms with E-state index in [2.05, 4.69) is 39.0 Å². The van der Waals surface area contributed by atoms with E-state index >= 15 is 0 Å². The van der Waals surface area contributed by atoms with Crippen molar-refractivity contribution in [2.75, 3.05) is 39.7 Å². The van der Waals surface area contributed by atoms with Crippen LogP contribution in [-0.4, -0.2) is 68.2 Å². The number of aromatic hydroxyl groups is 1. The molecule has 0 bridgehead atoms. The third-order valence-electron chi connectivity index (χ3n) is 6.89. The molecule has 0 spiro atoms. The number of aromatic nitrogens is 1. The summed E-state index contributed by atoms with van der Waals surface area (Å²) in [5, 5.41) is 9.59. The average molecular weight is 636 g/mol. The molecule has 1 N–H and O–H groups in total. The number of pyridine rings is 1. The summed E-state index contributed by atoms with van der Waals surface area (Å²) in [6, 6.07) is 9.59. The number of hydrogen-bond acceptors (Lipinski definition) is 5. The van der Waals surface area contributed by atoms with E-state index in [9.17, 15) is 9.50 Å². The van der Waals surface area contributed by atoms with Crippen molar-refractivity contribution in [1.29, 1.82) is 0 Å². The third-order valence-corrected chi connectivity index (χ3v) is 22.4. The standard InChI is InChI=1S/C19H21FNO4.3C4H9.Sn/c20-9-10-23-11-12-24-13-14-25-19-8-5-17(15-21-19)2-1-16-3-6-18(22)7-4-16;3*1-3-4-2;/h1-7,15,22H,9-14H2;3*1,3-4H2,2H3;/b2-1+;;;;. The van der Waals surface area contributed by atoms with Crippen LogP contribution in [0.3, 0.4) is 0 Å². The van der Waals surface area contributed by atoms with Gasteiger partial charge in [0.1, 0.15) is 0 Å². The topological polar surface area (TPSA) is 60.8 Å². The maximum atomic E-state index is 12.2. The van der Waals surface area contributed by atoms with Gasteiger partial charge in [-0.05, 0) is 0 Å². The molecule has 2 rings (SSSR count). The molecule has 1 heterocycles. The Hall–Kier alpha value is -1.64. The van der Waals surface area contributed by atoms with Crippen molar-refractivity contribution >= 4 is 34.1 Å². The molecule has 1 aromatic carbocycles. The van der Waals surface area contributed by atoms with Crippen molar-refractivity contribution in [2.24, 2.45) is 0 Å². The van der Waals surface area contributed by atoms with Gasteiger partial charge in [0, 0.05) is 0 Å². The van der Waals surface area contributed by atoms with Gasteiger partial charge in [0.15, 0.2) is 0 Å². The predicted molar refractivity (Wildman–Crippen MR) is 159 cm³/mol. The van der Waals surface area contributed by atoms with Gasteiger partial charge in [0.2, 0.25) is 0 Å². The van der Waals surface area contributed by atoms with Gasteiger partial charge in [-0.25, -0.2) is 0 Å². The van der Waals surface area contributed by atoms with Crippen LogP contribution in [0.5, 0.6) is 11.6 Å². The number of phenols is 1. The molecule has 0 saturated heterocycles. The molecule has 0 radical (unpaired) electrons. The van der Waals surface area contributed by atoms with Crippen LogP contribution in [0, 0.1) is 0 Å². The normalized spacial score (nSPS) is 11.9. The first-order chi connectivity index (χ1) is 18.6. The predicted octanol–water partition coefficient (Wildman–Crippen LogP) is 7.40. The Morgan fingerprint density at radius 1 is 0.789 bits per heavy atom. The van der Waals surface area contributed by atoms with E-state index in [1.54, 1.807) is 12.1 Å². The minimum atomic E-state index is -2.83. The van der Waals surface area contributed by atoms with Gasteiger partial charge in [0.25, 0.3) is 0 Å². The van der Waals surface area contributed by atoms with Gasteiger partial charge in [-0.15, -0.1) is 0 Å². The van der Waals surface area contributed by atoms with E-state index in [0.717, 1.165) is 17.0 Å². The second-order valence-corrected chi connectivity index (χ2v) is 23.0. The number of ether oxygens (including phenoxy) is 3. The van der Waals surface area contributed by atoms with Crippen LogP contribution in [-0.2, 0) is 9.47 Å². The van der Waals surface area contributed by atoms with Gasteiger partial charge in [-0.1, -0.05) is 0 Å². The molecule has 5 nitrogen and oxygen atoms in total. The second-order valence-electron chi connectivity index (χ2n) is 9.90. The molecule has 2 aromatic rings. The van der Waals surface area contributed by atoms with E-state index in [1.807, 2.05) is 18.3 Å². The number of alkyl halides is 1. The Bertz CT molecular complexity index is 901. The molecule has 0 aliphatic heterocycles. The molecule has 0 aliphatic rings. The SMILES string of the molecule is CCC[CH2][Sn]([CH2]CCC)([CH2]CCC)[c]1cc(/C=C/c2ccc(O)cc2)cnc1OCCOCCOCCF. The van der Waals surface area contributed by atoms with Crippen molar-refractivity contribution in [3.63, 3.8) is 0 Å². The molecule has 0 aliphatic carbocycles. The van der Waals surface area contributed by atoms with E-state index in [1.165, 1.54) is 55.4 Å². The number of unbranched alkanes of at least 4 members (excludes halogenated alkanes) is 3. The van der Waals surface area contributed by atoms with Crippen LogP contribution in [0.4, 0.5) is 4.39 Å². The van der Waals surface area contributed by atoms with Crippen molar-refractivity contribution in [3.8, 4) is 11.6 Å². The van der Waals surface area contributed by atoms with E-state index in [4.69, 9.17) is 19.2 Å². The van der Waals surface area contributed by atoms with Gasteiger partial charge >= 0.3 is 234 Å². The first-order valence-corrected chi connectivity index (χ1v) is 21.9. The molecule has 0 saturated carbocycles. The Balaban J connectivity index is 2.32. The Morgan fingerprint density at radius 3 is 1.92 bits per heavy atom. The van der Waals surface area contributed by atoms with Crippen LogP contribution in [0.15, 0.2) is 36.5 Å². The fourth-order valence-corrected chi connectivity index (χ4v) is 21.0. The monoisotopic (exact) mass is 637 g/mol. The van der Waals surface area contributed by atoms with E-state index in [0.29, 0.717) is 26.4 Å². The van der Waals surface area contributed by atoms with Gasteiger partial charge in [-0.3, -0.25) is 0 Å². The van der Waals surface area contributed by atoms with Gasteiger partial charge < -0.3 is 0 Å². The summed E-state index contributed by atoms with van der Waals surface area (Å²) in [6.07, 6.45) is 13.5. The number of halogens is 1. The Labute approximate surface area is 233 Å². The maximum absolute atomic E-state index is 12.2. The molecule has 0 unspecified atom stereocenters. The van der Waals surface area contributed by atoms with E-state index in [-0.39, 0.29) is 12.4 Å². The first kappa shape index (κ1) is 32.6. The first-order valence-electron chi connectivity index (χ1n) is 14.4. The number of rotatable bonds is 21. The summed E-state index contributed by atoms with van der Waals surface area (Å²) in [6.45, 7) is 8.21. The van der Waals surface area contributed by atoms with Crippen LogP contribution in [0.1, 0.15) is 70.4 Å².